The number of nitrogens with zero attached hydrogens (tertiary/aromatic N) is 3. The molecule has 0 saturated heterocycles. The molecule has 0 fully saturated rings. The largest absolute Gasteiger partial charge is 0.396 e. The van der Waals surface area contributed by atoms with Gasteiger partial charge in [-0.05, 0) is 37.2 Å². The highest BCUT2D eigenvalue weighted by Crippen LogP contribution is 2.23. The SMILES string of the molecule is OCCCNCc1cn(-c2ccccc2)nc1-c1ccncc1. The second-order valence-corrected chi connectivity index (χ2v) is 5.27. The molecule has 0 aliphatic heterocycles. The van der Waals surface area contributed by atoms with Gasteiger partial charge in [-0.25, -0.2) is 4.68 Å². The van der Waals surface area contributed by atoms with Gasteiger partial charge in [0.15, 0.2) is 0 Å². The molecule has 23 heavy (non-hydrogen) atoms. The summed E-state index contributed by atoms with van der Waals surface area (Å²) in [4.78, 5) is 4.07. The van der Waals surface area contributed by atoms with Gasteiger partial charge in [0.2, 0.25) is 0 Å². The lowest BCUT2D eigenvalue weighted by Crippen LogP contribution is -2.15. The van der Waals surface area contributed by atoms with Crippen molar-refractivity contribution in [2.45, 2.75) is 13.0 Å². The molecule has 5 heteroatoms. The number of aromatic nitrogens is 3. The van der Waals surface area contributed by atoms with Crippen molar-refractivity contribution in [3.63, 3.8) is 0 Å². The van der Waals surface area contributed by atoms with E-state index in [0.29, 0.717) is 6.54 Å². The van der Waals surface area contributed by atoms with E-state index < -0.39 is 0 Å². The molecule has 2 heterocycles. The molecule has 0 aliphatic carbocycles. The van der Waals surface area contributed by atoms with Crippen LogP contribution in [0.2, 0.25) is 0 Å². The molecular weight excluding hydrogens is 288 g/mol. The van der Waals surface area contributed by atoms with Gasteiger partial charge in [-0.1, -0.05) is 18.2 Å². The van der Waals surface area contributed by atoms with Crippen LogP contribution < -0.4 is 5.32 Å². The molecule has 3 rings (SSSR count). The van der Waals surface area contributed by atoms with Gasteiger partial charge in [0.05, 0.1) is 11.4 Å². The van der Waals surface area contributed by atoms with Crippen molar-refractivity contribution in [2.75, 3.05) is 13.2 Å². The van der Waals surface area contributed by atoms with Crippen LogP contribution in [0, 0.1) is 0 Å². The van der Waals surface area contributed by atoms with E-state index in [1.165, 1.54) is 0 Å². The molecule has 3 aromatic rings. The summed E-state index contributed by atoms with van der Waals surface area (Å²) in [6, 6.07) is 14.0. The van der Waals surface area contributed by atoms with Crippen LogP contribution in [0.25, 0.3) is 16.9 Å². The molecule has 0 radical (unpaired) electrons. The predicted molar refractivity (Wildman–Crippen MR) is 90.2 cm³/mol. The maximum absolute atomic E-state index is 8.89. The Morgan fingerprint density at radius 2 is 1.83 bits per heavy atom. The summed E-state index contributed by atoms with van der Waals surface area (Å²) in [6.07, 6.45) is 6.36. The van der Waals surface area contributed by atoms with E-state index in [-0.39, 0.29) is 6.61 Å². The van der Waals surface area contributed by atoms with Crippen molar-refractivity contribution in [2.24, 2.45) is 0 Å². The predicted octanol–water partition coefficient (Wildman–Crippen LogP) is 2.41. The summed E-state index contributed by atoms with van der Waals surface area (Å²) in [7, 11) is 0. The average molecular weight is 308 g/mol. The Kier molecular flexibility index (Phi) is 5.13. The average Bonchev–Trinajstić information content (AvgIpc) is 3.04. The monoisotopic (exact) mass is 308 g/mol. The van der Waals surface area contributed by atoms with Crippen LogP contribution in [0.3, 0.4) is 0 Å². The van der Waals surface area contributed by atoms with E-state index in [2.05, 4.69) is 16.5 Å². The molecule has 2 aromatic heterocycles. The third-order valence-electron chi connectivity index (χ3n) is 3.59. The topological polar surface area (TPSA) is 63.0 Å². The number of pyridine rings is 1. The number of rotatable bonds is 7. The van der Waals surface area contributed by atoms with Gasteiger partial charge in [-0.3, -0.25) is 4.98 Å². The first-order valence-electron chi connectivity index (χ1n) is 7.74. The van der Waals surface area contributed by atoms with Crippen molar-refractivity contribution >= 4 is 0 Å². The van der Waals surface area contributed by atoms with Crippen LogP contribution in [0.15, 0.2) is 61.1 Å². The lowest BCUT2D eigenvalue weighted by molar-refractivity contribution is 0.286. The van der Waals surface area contributed by atoms with E-state index in [9.17, 15) is 0 Å². The second kappa shape index (κ2) is 7.67. The van der Waals surface area contributed by atoms with Crippen LogP contribution in [0.1, 0.15) is 12.0 Å². The fraction of sp³-hybridized carbons (Fsp3) is 0.222. The van der Waals surface area contributed by atoms with Gasteiger partial charge >= 0.3 is 0 Å². The molecule has 0 aliphatic rings. The number of para-hydroxylation sites is 1. The highest BCUT2D eigenvalue weighted by molar-refractivity contribution is 5.62. The summed E-state index contributed by atoms with van der Waals surface area (Å²) < 4.78 is 1.90. The Bertz CT molecular complexity index is 725. The van der Waals surface area contributed by atoms with Crippen molar-refractivity contribution in [3.05, 3.63) is 66.6 Å². The standard InChI is InChI=1S/C18H20N4O/c23-12-4-9-20-13-16-14-22(17-5-2-1-3-6-17)21-18(16)15-7-10-19-11-8-15/h1-3,5-8,10-11,14,20,23H,4,9,12-13H2. The molecule has 0 amide bonds. The second-order valence-electron chi connectivity index (χ2n) is 5.27. The third-order valence-corrected chi connectivity index (χ3v) is 3.59. The molecule has 0 spiro atoms. The fourth-order valence-corrected chi connectivity index (χ4v) is 2.43. The van der Waals surface area contributed by atoms with Crippen molar-refractivity contribution < 1.29 is 5.11 Å². The third kappa shape index (κ3) is 3.83. The quantitative estimate of drug-likeness (QED) is 0.658. The van der Waals surface area contributed by atoms with E-state index in [0.717, 1.165) is 35.5 Å². The lowest BCUT2D eigenvalue weighted by atomic mass is 10.1. The normalized spacial score (nSPS) is 10.8. The summed E-state index contributed by atoms with van der Waals surface area (Å²) in [5.74, 6) is 0. The Morgan fingerprint density at radius 3 is 2.57 bits per heavy atom. The molecule has 0 bridgehead atoms. The Morgan fingerprint density at radius 1 is 1.04 bits per heavy atom. The minimum absolute atomic E-state index is 0.202. The van der Waals surface area contributed by atoms with Crippen LogP contribution >= 0.6 is 0 Å². The molecule has 118 valence electrons. The summed E-state index contributed by atoms with van der Waals surface area (Å²) in [5.41, 5.74) is 4.16. The maximum Gasteiger partial charge on any atom is 0.0973 e. The van der Waals surface area contributed by atoms with Crippen LogP contribution in [-0.2, 0) is 6.54 Å². The van der Waals surface area contributed by atoms with Crippen molar-refractivity contribution in [1.82, 2.24) is 20.1 Å². The van der Waals surface area contributed by atoms with Gasteiger partial charge in [0.25, 0.3) is 0 Å². The van der Waals surface area contributed by atoms with Crippen LogP contribution in [0.5, 0.6) is 0 Å². The lowest BCUT2D eigenvalue weighted by Gasteiger charge is -2.04. The van der Waals surface area contributed by atoms with Gasteiger partial charge < -0.3 is 10.4 Å². The molecule has 1 aromatic carbocycles. The minimum atomic E-state index is 0.202. The van der Waals surface area contributed by atoms with Gasteiger partial charge in [0, 0.05) is 42.9 Å². The Balaban J connectivity index is 1.90. The zero-order chi connectivity index (χ0) is 15.9. The van der Waals surface area contributed by atoms with E-state index >= 15 is 0 Å². The highest BCUT2D eigenvalue weighted by Gasteiger charge is 2.11. The first kappa shape index (κ1) is 15.4. The Labute approximate surface area is 135 Å². The molecule has 5 nitrogen and oxygen atoms in total. The minimum Gasteiger partial charge on any atom is -0.396 e. The summed E-state index contributed by atoms with van der Waals surface area (Å²) in [5, 5.41) is 17.0. The highest BCUT2D eigenvalue weighted by atomic mass is 16.3. The molecule has 0 atom stereocenters. The van der Waals surface area contributed by atoms with Gasteiger partial charge in [-0.15, -0.1) is 0 Å². The first-order chi connectivity index (χ1) is 11.4. The van der Waals surface area contributed by atoms with Gasteiger partial charge in [-0.2, -0.15) is 5.10 Å². The Hall–Kier alpha value is -2.50. The van der Waals surface area contributed by atoms with Crippen LogP contribution in [-0.4, -0.2) is 33.0 Å². The van der Waals surface area contributed by atoms with Gasteiger partial charge in [0.1, 0.15) is 0 Å². The number of hydrogen-bond donors (Lipinski definition) is 2. The zero-order valence-corrected chi connectivity index (χ0v) is 12.9. The molecule has 2 N–H and O–H groups in total. The van der Waals surface area contributed by atoms with E-state index in [1.54, 1.807) is 12.4 Å². The van der Waals surface area contributed by atoms with E-state index in [1.807, 2.05) is 47.1 Å². The molecular formula is C18H20N4O. The smallest absolute Gasteiger partial charge is 0.0973 e. The number of aliphatic hydroxyl groups excluding tert-OH is 1. The number of benzene rings is 1. The van der Waals surface area contributed by atoms with E-state index in [4.69, 9.17) is 10.2 Å². The van der Waals surface area contributed by atoms with Crippen LogP contribution in [0.4, 0.5) is 0 Å². The number of nitrogens with one attached hydrogen (secondary N) is 1. The van der Waals surface area contributed by atoms with Crippen molar-refractivity contribution in [3.8, 4) is 16.9 Å². The maximum atomic E-state index is 8.89. The number of hydrogen-bond acceptors (Lipinski definition) is 4. The fourth-order valence-electron chi connectivity index (χ4n) is 2.43. The summed E-state index contributed by atoms with van der Waals surface area (Å²) >= 11 is 0. The van der Waals surface area contributed by atoms with Crippen molar-refractivity contribution in [1.29, 1.82) is 0 Å². The first-order valence-corrected chi connectivity index (χ1v) is 7.74. The molecule has 0 unspecified atom stereocenters. The number of aliphatic hydroxyl groups is 1. The summed E-state index contributed by atoms with van der Waals surface area (Å²) in [6.45, 7) is 1.70. The zero-order valence-electron chi connectivity index (χ0n) is 12.9. The molecule has 0 saturated carbocycles.